The predicted octanol–water partition coefficient (Wildman–Crippen LogP) is 4.75. The van der Waals surface area contributed by atoms with Gasteiger partial charge in [0.05, 0.1) is 27.4 Å². The molecule has 302 valence electrons. The molecule has 1 spiro atoms. The molecule has 9 atom stereocenters. The zero-order chi connectivity index (χ0) is 40.2. The molecule has 1 unspecified atom stereocenters. The number of aromatic amines is 1. The molecule has 6 aliphatic rings. The lowest BCUT2D eigenvalue weighted by Crippen LogP contribution is -2.81. The summed E-state index contributed by atoms with van der Waals surface area (Å²) in [6.07, 6.45) is 7.67. The summed E-state index contributed by atoms with van der Waals surface area (Å²) in [6, 6.07) is 11.2. The fourth-order valence-corrected chi connectivity index (χ4v) is 12.8. The second-order valence-corrected chi connectivity index (χ2v) is 17.2. The van der Waals surface area contributed by atoms with Crippen molar-refractivity contribution in [3.63, 3.8) is 0 Å². The van der Waals surface area contributed by atoms with E-state index in [1.165, 1.54) is 26.7 Å². The molecule has 9 rings (SSSR count). The molecule has 2 aromatic carbocycles. The molecule has 2 N–H and O–H groups in total. The SMILES string of the molecule is CCC1=C[C@@H]2CN(C1)Cc1c([nH]c3ccccc13)[C@@](C(=O)OC)(c1cc3c(cc1OC)N(C)[C@H]1[C@](O)(C(=O)OC)[C@H](OC(C)=O)[C@]4(CC)C=CCN5CC[C@]31[C@@H]54)C2. The summed E-state index contributed by atoms with van der Waals surface area (Å²) in [7, 11) is 6.22. The number of likely N-dealkylation sites (N-methyl/N-ethyl adjacent to an activating group) is 1. The van der Waals surface area contributed by atoms with Crippen molar-refractivity contribution in [2.75, 3.05) is 59.5 Å². The van der Waals surface area contributed by atoms with Crippen LogP contribution < -0.4 is 9.64 Å². The van der Waals surface area contributed by atoms with Gasteiger partial charge in [-0.05, 0) is 61.4 Å². The number of carbonyl (C=O) groups is 3. The molecule has 12 heteroatoms. The third kappa shape index (κ3) is 4.80. The summed E-state index contributed by atoms with van der Waals surface area (Å²) in [5, 5.41) is 14.4. The Bertz CT molecular complexity index is 2250. The minimum absolute atomic E-state index is 0.0284. The van der Waals surface area contributed by atoms with Gasteiger partial charge in [-0.3, -0.25) is 19.4 Å². The zero-order valence-corrected chi connectivity index (χ0v) is 34.0. The van der Waals surface area contributed by atoms with Gasteiger partial charge in [-0.1, -0.05) is 55.8 Å². The monoisotopic (exact) mass is 778 g/mol. The second kappa shape index (κ2) is 13.2. The number of nitrogens with one attached hydrogen (secondary N) is 1. The maximum atomic E-state index is 15.2. The molecule has 0 amide bonds. The largest absolute Gasteiger partial charge is 0.496 e. The van der Waals surface area contributed by atoms with E-state index in [4.69, 9.17) is 18.9 Å². The lowest BCUT2D eigenvalue weighted by molar-refractivity contribution is -0.228. The van der Waals surface area contributed by atoms with E-state index >= 15 is 4.79 Å². The van der Waals surface area contributed by atoms with Gasteiger partial charge < -0.3 is 33.9 Å². The van der Waals surface area contributed by atoms with Crippen molar-refractivity contribution >= 4 is 34.5 Å². The second-order valence-electron chi connectivity index (χ2n) is 17.2. The molecular formula is C45H54N4O8. The van der Waals surface area contributed by atoms with Gasteiger partial charge in [-0.15, -0.1) is 0 Å². The molecule has 0 radical (unpaired) electrons. The summed E-state index contributed by atoms with van der Waals surface area (Å²) in [5.41, 5.74) is 1.05. The van der Waals surface area contributed by atoms with Gasteiger partial charge in [-0.25, -0.2) is 4.79 Å². The van der Waals surface area contributed by atoms with Crippen LogP contribution in [-0.2, 0) is 46.0 Å². The van der Waals surface area contributed by atoms with Crippen LogP contribution in [-0.4, -0.2) is 116 Å². The average Bonchev–Trinajstić information content (AvgIpc) is 3.87. The molecule has 1 saturated carbocycles. The van der Waals surface area contributed by atoms with Crippen LogP contribution in [0.1, 0.15) is 68.8 Å². The maximum absolute atomic E-state index is 15.2. The number of esters is 3. The first-order chi connectivity index (χ1) is 27.4. The highest BCUT2D eigenvalue weighted by molar-refractivity contribution is 5.95. The summed E-state index contributed by atoms with van der Waals surface area (Å²) in [6.45, 7) is 9.19. The van der Waals surface area contributed by atoms with E-state index in [2.05, 4.69) is 58.1 Å². The lowest BCUT2D eigenvalue weighted by atomic mass is 9.47. The van der Waals surface area contributed by atoms with E-state index in [0.717, 1.165) is 52.9 Å². The fourth-order valence-electron chi connectivity index (χ4n) is 12.8. The summed E-state index contributed by atoms with van der Waals surface area (Å²) < 4.78 is 23.9. The number of ether oxygens (including phenoxy) is 4. The number of nitrogens with zero attached hydrogens (tertiary/aromatic N) is 3. The molecule has 1 aliphatic carbocycles. The van der Waals surface area contributed by atoms with E-state index in [-0.39, 0.29) is 17.9 Å². The fraction of sp³-hybridized carbons (Fsp3) is 0.533. The minimum atomic E-state index is -2.27. The number of anilines is 1. The number of carbonyl (C=O) groups excluding carboxylic acids is 3. The van der Waals surface area contributed by atoms with Crippen molar-refractivity contribution in [2.24, 2.45) is 11.3 Å². The van der Waals surface area contributed by atoms with Gasteiger partial charge in [0.1, 0.15) is 11.2 Å². The molecule has 57 heavy (non-hydrogen) atoms. The molecule has 3 aromatic rings. The Balaban J connectivity index is 1.37. The molecular weight excluding hydrogens is 725 g/mol. The number of hydrogen-bond acceptors (Lipinski definition) is 11. The summed E-state index contributed by atoms with van der Waals surface area (Å²) >= 11 is 0. The Kier molecular flexibility index (Phi) is 8.77. The Morgan fingerprint density at radius 3 is 2.47 bits per heavy atom. The van der Waals surface area contributed by atoms with Gasteiger partial charge >= 0.3 is 17.9 Å². The third-order valence-corrected chi connectivity index (χ3v) is 14.8. The van der Waals surface area contributed by atoms with Gasteiger partial charge in [0, 0.05) is 90.9 Å². The van der Waals surface area contributed by atoms with Gasteiger partial charge in [0.2, 0.25) is 5.60 Å². The van der Waals surface area contributed by atoms with Crippen molar-refractivity contribution in [3.05, 3.63) is 82.6 Å². The summed E-state index contributed by atoms with van der Waals surface area (Å²) in [5.74, 6) is -1.31. The topological polar surface area (TPSA) is 134 Å². The minimum Gasteiger partial charge on any atom is -0.496 e. The molecule has 2 fully saturated rings. The average molecular weight is 779 g/mol. The number of hydrogen-bond donors (Lipinski definition) is 2. The number of H-pyrrole nitrogens is 1. The quantitative estimate of drug-likeness (QED) is 0.196. The first-order valence-corrected chi connectivity index (χ1v) is 20.3. The molecule has 1 saturated heterocycles. The third-order valence-electron chi connectivity index (χ3n) is 14.8. The van der Waals surface area contributed by atoms with Gasteiger partial charge in [0.25, 0.3) is 0 Å². The van der Waals surface area contributed by atoms with Crippen molar-refractivity contribution in [1.29, 1.82) is 0 Å². The molecule has 12 nitrogen and oxygen atoms in total. The number of methoxy groups -OCH3 is 3. The van der Waals surface area contributed by atoms with E-state index in [0.29, 0.717) is 50.2 Å². The van der Waals surface area contributed by atoms with E-state index in [1.807, 2.05) is 37.1 Å². The normalized spacial score (nSPS) is 34.9. The van der Waals surface area contributed by atoms with E-state index in [9.17, 15) is 14.7 Å². The number of para-hydroxylation sites is 1. The van der Waals surface area contributed by atoms with E-state index < -0.39 is 45.9 Å². The lowest BCUT2D eigenvalue weighted by Gasteiger charge is -2.63. The highest BCUT2D eigenvalue weighted by Crippen LogP contribution is 2.68. The standard InChI is InChI=1S/C45H54N4O8/c1-8-27-19-28-22-44(40(51)55-6,36-30(25-48(23-27)24-28)29-13-10-11-14-33(29)46-36)32-20-31-34(21-35(32)54-5)47(4)38-43(31)16-18-49-17-12-15-42(9-2,37(43)49)39(57-26(3)50)45(38,53)41(52)56-7/h10-15,19-21,28,37-39,46,53H,8-9,16-18,22-25H2,1-7H3/t28-,37-,38+,39+,42+,43+,44-,45+/m0/s1. The Hall–Kier alpha value is -4.65. The van der Waals surface area contributed by atoms with Gasteiger partial charge in [-0.2, -0.15) is 0 Å². The van der Waals surface area contributed by atoms with Crippen LogP contribution in [0.3, 0.4) is 0 Å². The van der Waals surface area contributed by atoms with Crippen LogP contribution in [0, 0.1) is 11.3 Å². The molecule has 5 aliphatic heterocycles. The van der Waals surface area contributed by atoms with Crippen molar-refractivity contribution in [1.82, 2.24) is 14.8 Å². The number of benzene rings is 2. The number of fused-ring (bicyclic) bond motifs is 6. The molecule has 6 heterocycles. The van der Waals surface area contributed by atoms with Crippen molar-refractivity contribution in [2.45, 2.75) is 87.6 Å². The first kappa shape index (κ1) is 37.9. The van der Waals surface area contributed by atoms with Crippen LogP contribution >= 0.6 is 0 Å². The Labute approximate surface area is 333 Å². The smallest absolute Gasteiger partial charge is 0.344 e. The highest BCUT2D eigenvalue weighted by Gasteiger charge is 2.80. The van der Waals surface area contributed by atoms with Crippen LogP contribution in [0.15, 0.2) is 60.2 Å². The Morgan fingerprint density at radius 1 is 1.00 bits per heavy atom. The maximum Gasteiger partial charge on any atom is 0.344 e. The molecule has 1 aromatic heterocycles. The molecule has 2 bridgehead atoms. The van der Waals surface area contributed by atoms with Crippen molar-refractivity contribution in [3.8, 4) is 5.75 Å². The van der Waals surface area contributed by atoms with Crippen molar-refractivity contribution < 1.29 is 38.4 Å². The predicted molar refractivity (Wildman–Crippen MR) is 214 cm³/mol. The summed E-state index contributed by atoms with van der Waals surface area (Å²) in [4.78, 5) is 53.1. The number of rotatable bonds is 7. The van der Waals surface area contributed by atoms with Crippen LogP contribution in [0.4, 0.5) is 5.69 Å². The highest BCUT2D eigenvalue weighted by atomic mass is 16.6. The number of aromatic nitrogens is 1. The van der Waals surface area contributed by atoms with E-state index in [1.54, 1.807) is 7.11 Å². The number of aliphatic hydroxyl groups is 1. The van der Waals surface area contributed by atoms with Crippen LogP contribution in [0.2, 0.25) is 0 Å². The van der Waals surface area contributed by atoms with Crippen LogP contribution in [0.25, 0.3) is 10.9 Å². The zero-order valence-electron chi connectivity index (χ0n) is 34.0. The Morgan fingerprint density at radius 2 is 1.77 bits per heavy atom. The first-order valence-electron chi connectivity index (χ1n) is 20.3. The van der Waals surface area contributed by atoms with Gasteiger partial charge in [0.15, 0.2) is 6.10 Å². The van der Waals surface area contributed by atoms with Crippen LogP contribution in [0.5, 0.6) is 5.75 Å².